The first kappa shape index (κ1) is 20.3. The van der Waals surface area contributed by atoms with E-state index < -0.39 is 20.8 Å². The molecule has 152 valence electrons. The fraction of sp³-hybridized carbons (Fsp3) is 0.200. The number of thiazole rings is 1. The number of hydrogen-bond acceptors (Lipinski definition) is 11. The van der Waals surface area contributed by atoms with Gasteiger partial charge in [-0.2, -0.15) is 5.10 Å². The molecule has 1 aromatic carbocycles. The molecule has 2 aromatic heterocycles. The average Bonchev–Trinajstić information content (AvgIpc) is 3.10. The fourth-order valence-electron chi connectivity index (χ4n) is 2.39. The Morgan fingerprint density at radius 3 is 2.83 bits per heavy atom. The van der Waals surface area contributed by atoms with Crippen molar-refractivity contribution in [3.05, 3.63) is 50.5 Å². The van der Waals surface area contributed by atoms with Crippen LogP contribution in [0.4, 0.5) is 5.82 Å². The Labute approximate surface area is 167 Å². The third kappa shape index (κ3) is 4.91. The minimum absolute atomic E-state index is 0.0867. The van der Waals surface area contributed by atoms with E-state index in [9.17, 15) is 23.3 Å². The molecule has 2 N–H and O–H groups in total. The van der Waals surface area contributed by atoms with Gasteiger partial charge in [0.2, 0.25) is 0 Å². The Bertz CT molecular complexity index is 1170. The second-order valence-electron chi connectivity index (χ2n) is 5.69. The van der Waals surface area contributed by atoms with E-state index in [1.807, 2.05) is 12.1 Å². The van der Waals surface area contributed by atoms with Crippen molar-refractivity contribution in [3.63, 3.8) is 0 Å². The highest BCUT2D eigenvalue weighted by Crippen LogP contribution is 2.24. The molecule has 0 spiro atoms. The maximum absolute atomic E-state index is 12.4. The summed E-state index contributed by atoms with van der Waals surface area (Å²) in [6.45, 7) is -0.359. The van der Waals surface area contributed by atoms with Gasteiger partial charge in [-0.25, -0.2) is 13.4 Å². The van der Waals surface area contributed by atoms with Crippen LogP contribution in [0.15, 0.2) is 35.5 Å². The highest BCUT2D eigenvalue weighted by atomic mass is 32.2. The van der Waals surface area contributed by atoms with Gasteiger partial charge in [-0.3, -0.25) is 15.6 Å². The molecule has 0 fully saturated rings. The summed E-state index contributed by atoms with van der Waals surface area (Å²) in [6.07, 6.45) is 2.42. The number of aromatic nitrogens is 3. The predicted octanol–water partition coefficient (Wildman–Crippen LogP) is 0.997. The van der Waals surface area contributed by atoms with E-state index in [4.69, 9.17) is 0 Å². The van der Waals surface area contributed by atoms with Crippen molar-refractivity contribution in [3.8, 4) is 0 Å². The lowest BCUT2D eigenvalue weighted by molar-refractivity contribution is -0.757. The monoisotopic (exact) mass is 438 g/mol. The Morgan fingerprint density at radius 1 is 1.34 bits per heavy atom. The van der Waals surface area contributed by atoms with Crippen LogP contribution in [0.2, 0.25) is 0 Å². The van der Waals surface area contributed by atoms with Gasteiger partial charge in [0, 0.05) is 28.3 Å². The zero-order valence-corrected chi connectivity index (χ0v) is 16.5. The van der Waals surface area contributed by atoms with Crippen LogP contribution < -0.4 is 10.9 Å². The van der Waals surface area contributed by atoms with Crippen LogP contribution in [0.3, 0.4) is 0 Å². The van der Waals surface area contributed by atoms with Crippen molar-refractivity contribution in [1.29, 1.82) is 0 Å². The number of benzene rings is 1. The Morgan fingerprint density at radius 2 is 2.10 bits per heavy atom. The summed E-state index contributed by atoms with van der Waals surface area (Å²) in [5.74, 6) is -0.396. The zero-order chi connectivity index (χ0) is 21.0. The van der Waals surface area contributed by atoms with Crippen molar-refractivity contribution in [1.82, 2.24) is 20.6 Å². The molecular formula is C15H14N6O6S2. The van der Waals surface area contributed by atoms with E-state index >= 15 is 0 Å². The molecule has 0 unspecified atom stereocenters. The number of fused-ring (bicyclic) bond motifs is 1. The number of rotatable bonds is 8. The van der Waals surface area contributed by atoms with Crippen molar-refractivity contribution in [2.75, 3.05) is 18.3 Å². The second kappa shape index (κ2) is 8.32. The largest absolute Gasteiger partial charge is 0.314 e. The van der Waals surface area contributed by atoms with E-state index in [0.29, 0.717) is 5.82 Å². The summed E-state index contributed by atoms with van der Waals surface area (Å²) in [6, 6.07) is 7.25. The van der Waals surface area contributed by atoms with E-state index in [1.54, 1.807) is 18.3 Å². The van der Waals surface area contributed by atoms with Gasteiger partial charge < -0.3 is 4.84 Å². The third-order valence-electron chi connectivity index (χ3n) is 3.60. The predicted molar refractivity (Wildman–Crippen MR) is 103 cm³/mol. The molecule has 1 amide bonds. The Balaban J connectivity index is 1.78. The summed E-state index contributed by atoms with van der Waals surface area (Å²) in [7, 11) is -3.74. The van der Waals surface area contributed by atoms with Gasteiger partial charge in [0.15, 0.2) is 25.7 Å². The quantitative estimate of drug-likeness (QED) is 0.382. The summed E-state index contributed by atoms with van der Waals surface area (Å²) in [5.41, 5.74) is 5.04. The number of sulfone groups is 1. The van der Waals surface area contributed by atoms with Crippen LogP contribution in [0, 0.1) is 10.1 Å². The minimum Gasteiger partial charge on any atom is -0.314 e. The Hall–Kier alpha value is -3.39. The number of anilines is 1. The van der Waals surface area contributed by atoms with Crippen LogP contribution in [0.1, 0.15) is 14.7 Å². The Kier molecular flexibility index (Phi) is 5.84. The van der Waals surface area contributed by atoms with E-state index in [2.05, 4.69) is 30.9 Å². The van der Waals surface area contributed by atoms with Gasteiger partial charge in [-0.15, -0.1) is 26.5 Å². The van der Waals surface area contributed by atoms with Crippen LogP contribution in [-0.2, 0) is 21.1 Å². The minimum atomic E-state index is -3.74. The molecule has 3 aromatic rings. The maximum Gasteiger partial charge on any atom is 0.298 e. The highest BCUT2D eigenvalue weighted by molar-refractivity contribution is 7.90. The van der Waals surface area contributed by atoms with E-state index in [1.165, 1.54) is 0 Å². The molecule has 0 bridgehead atoms. The second-order valence-corrected chi connectivity index (χ2v) is 8.70. The van der Waals surface area contributed by atoms with Gasteiger partial charge >= 0.3 is 0 Å². The summed E-state index contributed by atoms with van der Waals surface area (Å²) in [4.78, 5) is 31.0. The van der Waals surface area contributed by atoms with Crippen LogP contribution in [0.25, 0.3) is 10.8 Å². The molecule has 2 heterocycles. The van der Waals surface area contributed by atoms with Gasteiger partial charge in [-0.05, 0) is 0 Å². The number of hydrogen-bond donors (Lipinski definition) is 2. The summed E-state index contributed by atoms with van der Waals surface area (Å²) >= 11 is 0.804. The molecule has 0 radical (unpaired) electrons. The van der Waals surface area contributed by atoms with Gasteiger partial charge in [0.05, 0.1) is 6.20 Å². The first-order valence-corrected chi connectivity index (χ1v) is 10.7. The number of carbonyl (C=O) groups excluding carboxylic acids is 1. The van der Waals surface area contributed by atoms with Crippen molar-refractivity contribution in [2.24, 2.45) is 0 Å². The molecule has 3 rings (SSSR count). The van der Waals surface area contributed by atoms with Gasteiger partial charge in [-0.1, -0.05) is 24.3 Å². The number of amides is 1. The molecule has 0 aliphatic heterocycles. The molecule has 0 aliphatic rings. The smallest absolute Gasteiger partial charge is 0.298 e. The third-order valence-corrected chi connectivity index (χ3v) is 5.88. The van der Waals surface area contributed by atoms with Crippen molar-refractivity contribution < 1.29 is 23.1 Å². The SMILES string of the molecule is CS(=O)(=O)c1nc(C(=O)NNc2nncc3ccccc23)sc1CCO[N+](=O)[O-]. The van der Waals surface area contributed by atoms with E-state index in [-0.39, 0.29) is 27.9 Å². The molecular weight excluding hydrogens is 424 g/mol. The van der Waals surface area contributed by atoms with Crippen molar-refractivity contribution >= 4 is 43.7 Å². The number of nitrogens with one attached hydrogen (secondary N) is 2. The molecule has 0 saturated heterocycles. The number of carbonyl (C=O) groups is 1. The average molecular weight is 438 g/mol. The first-order chi connectivity index (χ1) is 13.8. The molecule has 0 atom stereocenters. The van der Waals surface area contributed by atoms with Crippen LogP contribution >= 0.6 is 11.3 Å². The lowest BCUT2D eigenvalue weighted by Crippen LogP contribution is -2.30. The lowest BCUT2D eigenvalue weighted by Gasteiger charge is -2.07. The van der Waals surface area contributed by atoms with E-state index in [0.717, 1.165) is 28.4 Å². The first-order valence-electron chi connectivity index (χ1n) is 7.99. The van der Waals surface area contributed by atoms with Gasteiger partial charge in [0.25, 0.3) is 11.0 Å². The van der Waals surface area contributed by atoms with Crippen LogP contribution in [-0.4, -0.2) is 47.5 Å². The molecule has 0 aliphatic carbocycles. The number of hydrazine groups is 1. The van der Waals surface area contributed by atoms with Crippen molar-refractivity contribution in [2.45, 2.75) is 11.4 Å². The summed E-state index contributed by atoms with van der Waals surface area (Å²) in [5, 5.41) is 18.1. The topological polar surface area (TPSA) is 166 Å². The van der Waals surface area contributed by atoms with Gasteiger partial charge in [0.1, 0.15) is 6.61 Å². The zero-order valence-electron chi connectivity index (χ0n) is 14.9. The summed E-state index contributed by atoms with van der Waals surface area (Å²) < 4.78 is 23.8. The molecule has 12 nitrogen and oxygen atoms in total. The van der Waals surface area contributed by atoms with Crippen LogP contribution in [0.5, 0.6) is 0 Å². The fourth-order valence-corrected chi connectivity index (χ4v) is 4.63. The highest BCUT2D eigenvalue weighted by Gasteiger charge is 2.23. The maximum atomic E-state index is 12.4. The standard InChI is InChI=1S/C15H14N6O6S2/c1-29(25,26)15-11(6-7-27-21(23)24)28-14(17-15)13(22)20-19-12-10-5-3-2-4-9(10)8-16-18-12/h2-5,8H,6-7H2,1H3,(H,18,19)(H,20,22). The molecule has 14 heteroatoms. The molecule has 29 heavy (non-hydrogen) atoms. The normalized spacial score (nSPS) is 11.2. The number of nitrogens with zero attached hydrogens (tertiary/aromatic N) is 4. The lowest BCUT2D eigenvalue weighted by atomic mass is 10.2. The molecule has 0 saturated carbocycles.